The van der Waals surface area contributed by atoms with E-state index in [0.717, 1.165) is 12.2 Å². The predicted octanol–water partition coefficient (Wildman–Crippen LogP) is 4.20. The molecule has 0 aliphatic rings. The highest BCUT2D eigenvalue weighted by Crippen LogP contribution is 2.34. The Balaban J connectivity index is 1.41. The van der Waals surface area contributed by atoms with Gasteiger partial charge >= 0.3 is 11.9 Å². The standard InChI is InChI=1S/C30H34F2N4O6/c1-17-19(31)7-9-21-27(17)23(39-5)13-35(21)15-29(3,33)41-25(37)11-12-26(38)42-30(4,34)16-36-14-24(40-6)28-18(2)20(32)8-10-22(28)36/h7-14H,15-16,33-34H2,1-6H3/b12-11+/t29-,30-/m0/s1. The molecule has 0 unspecified atom stereocenters. The van der Waals surface area contributed by atoms with Crippen molar-refractivity contribution in [3.05, 3.63) is 71.6 Å². The molecule has 0 amide bonds. The van der Waals surface area contributed by atoms with E-state index in [1.54, 1.807) is 47.5 Å². The summed E-state index contributed by atoms with van der Waals surface area (Å²) in [6.07, 6.45) is 5.06. The Bertz CT molecular complexity index is 1580. The lowest BCUT2D eigenvalue weighted by molar-refractivity contribution is -0.155. The molecule has 4 N–H and O–H groups in total. The van der Waals surface area contributed by atoms with Gasteiger partial charge in [-0.2, -0.15) is 0 Å². The second-order valence-corrected chi connectivity index (χ2v) is 10.6. The molecule has 10 nitrogen and oxygen atoms in total. The van der Waals surface area contributed by atoms with Gasteiger partial charge in [-0.25, -0.2) is 18.4 Å². The molecule has 4 aromatic rings. The van der Waals surface area contributed by atoms with E-state index in [0.29, 0.717) is 44.4 Å². The number of halogens is 2. The highest BCUT2D eigenvalue weighted by atomic mass is 19.1. The number of aryl methyl sites for hydroxylation is 2. The molecular formula is C30H34F2N4O6. The van der Waals surface area contributed by atoms with Gasteiger partial charge in [0.25, 0.3) is 0 Å². The maximum absolute atomic E-state index is 14.1. The first-order chi connectivity index (χ1) is 19.7. The summed E-state index contributed by atoms with van der Waals surface area (Å²) in [5.74, 6) is -1.63. The number of carbonyl (C=O) groups excluding carboxylic acids is 2. The van der Waals surface area contributed by atoms with Crippen molar-refractivity contribution in [3.63, 3.8) is 0 Å². The highest BCUT2D eigenvalue weighted by Gasteiger charge is 2.28. The molecule has 2 atom stereocenters. The summed E-state index contributed by atoms with van der Waals surface area (Å²) in [7, 11) is 2.95. The molecule has 0 saturated heterocycles. The van der Waals surface area contributed by atoms with Crippen molar-refractivity contribution >= 4 is 33.7 Å². The van der Waals surface area contributed by atoms with E-state index in [4.69, 9.17) is 30.4 Å². The van der Waals surface area contributed by atoms with Crippen molar-refractivity contribution in [2.45, 2.75) is 52.2 Å². The predicted molar refractivity (Wildman–Crippen MR) is 153 cm³/mol. The largest absolute Gasteiger partial charge is 0.494 e. The smallest absolute Gasteiger partial charge is 0.332 e. The summed E-state index contributed by atoms with van der Waals surface area (Å²) < 4.78 is 53.2. The number of aromatic nitrogens is 2. The van der Waals surface area contributed by atoms with Gasteiger partial charge in [0.15, 0.2) is 11.4 Å². The lowest BCUT2D eigenvalue weighted by Gasteiger charge is -2.26. The molecule has 0 saturated carbocycles. The Morgan fingerprint density at radius 3 is 1.45 bits per heavy atom. The van der Waals surface area contributed by atoms with Crippen molar-refractivity contribution in [2.24, 2.45) is 11.5 Å². The number of methoxy groups -OCH3 is 2. The quantitative estimate of drug-likeness (QED) is 0.161. The number of nitrogens with two attached hydrogens (primary N) is 2. The minimum atomic E-state index is -1.50. The fraction of sp³-hybridized carbons (Fsp3) is 0.333. The van der Waals surface area contributed by atoms with E-state index < -0.39 is 23.4 Å². The monoisotopic (exact) mass is 584 g/mol. The Morgan fingerprint density at radius 1 is 0.762 bits per heavy atom. The molecular weight excluding hydrogens is 550 g/mol. The maximum atomic E-state index is 14.1. The zero-order valence-electron chi connectivity index (χ0n) is 24.3. The molecule has 2 aromatic heterocycles. The molecule has 0 aliphatic carbocycles. The molecule has 0 aliphatic heterocycles. The second kappa shape index (κ2) is 11.5. The molecule has 12 heteroatoms. The number of benzene rings is 2. The molecule has 42 heavy (non-hydrogen) atoms. The Morgan fingerprint density at radius 2 is 1.12 bits per heavy atom. The normalized spacial score (nSPS) is 14.6. The first-order valence-corrected chi connectivity index (χ1v) is 13.0. The van der Waals surface area contributed by atoms with Crippen molar-refractivity contribution in [1.29, 1.82) is 0 Å². The van der Waals surface area contributed by atoms with Gasteiger partial charge in [-0.3, -0.25) is 11.5 Å². The highest BCUT2D eigenvalue weighted by molar-refractivity contribution is 5.93. The van der Waals surface area contributed by atoms with Crippen LogP contribution < -0.4 is 20.9 Å². The minimum Gasteiger partial charge on any atom is -0.494 e. The Hall–Kier alpha value is -4.42. The zero-order valence-corrected chi connectivity index (χ0v) is 24.3. The number of carbonyl (C=O) groups is 2. The van der Waals surface area contributed by atoms with Crippen LogP contribution in [0.5, 0.6) is 11.5 Å². The van der Waals surface area contributed by atoms with E-state index in [-0.39, 0.29) is 24.7 Å². The van der Waals surface area contributed by atoms with Crippen LogP contribution in [-0.4, -0.2) is 46.7 Å². The average molecular weight is 585 g/mol. The van der Waals surface area contributed by atoms with Gasteiger partial charge in [0.05, 0.1) is 38.3 Å². The average Bonchev–Trinajstić information content (AvgIpc) is 3.43. The third-order valence-corrected chi connectivity index (χ3v) is 6.84. The number of ether oxygens (including phenoxy) is 4. The first kappa shape index (κ1) is 30.5. The van der Waals surface area contributed by atoms with Crippen LogP contribution in [-0.2, 0) is 32.2 Å². The van der Waals surface area contributed by atoms with E-state index >= 15 is 0 Å². The van der Waals surface area contributed by atoms with Crippen molar-refractivity contribution in [2.75, 3.05) is 14.2 Å². The minimum absolute atomic E-state index is 0.0144. The van der Waals surface area contributed by atoms with Crippen LogP contribution in [0.2, 0.25) is 0 Å². The van der Waals surface area contributed by atoms with E-state index in [1.807, 2.05) is 0 Å². The summed E-state index contributed by atoms with van der Waals surface area (Å²) in [6.45, 7) is 6.29. The van der Waals surface area contributed by atoms with Crippen LogP contribution in [0.3, 0.4) is 0 Å². The number of hydrogen-bond acceptors (Lipinski definition) is 8. The van der Waals surface area contributed by atoms with Crippen LogP contribution >= 0.6 is 0 Å². The third kappa shape index (κ3) is 6.24. The van der Waals surface area contributed by atoms with Gasteiger partial charge in [-0.15, -0.1) is 0 Å². The number of nitrogens with zero attached hydrogens (tertiary/aromatic N) is 2. The molecule has 4 rings (SSSR count). The van der Waals surface area contributed by atoms with Gasteiger partial charge in [0.1, 0.15) is 23.1 Å². The number of hydrogen-bond donors (Lipinski definition) is 2. The van der Waals surface area contributed by atoms with E-state index in [1.165, 1.54) is 40.2 Å². The second-order valence-electron chi connectivity index (χ2n) is 10.6. The number of rotatable bonds is 10. The van der Waals surface area contributed by atoms with Gasteiger partial charge in [0, 0.05) is 35.3 Å². The summed E-state index contributed by atoms with van der Waals surface area (Å²) in [5, 5.41) is 1.17. The fourth-order valence-electron chi connectivity index (χ4n) is 4.97. The molecule has 224 valence electrons. The summed E-state index contributed by atoms with van der Waals surface area (Å²) >= 11 is 0. The maximum Gasteiger partial charge on any atom is 0.332 e. The lowest BCUT2D eigenvalue weighted by Crippen LogP contribution is -2.45. The molecule has 0 spiro atoms. The van der Waals surface area contributed by atoms with Crippen LogP contribution in [0.25, 0.3) is 21.8 Å². The van der Waals surface area contributed by atoms with Crippen LogP contribution in [0.4, 0.5) is 8.78 Å². The summed E-state index contributed by atoms with van der Waals surface area (Å²) in [6, 6.07) is 5.85. The van der Waals surface area contributed by atoms with Crippen LogP contribution in [0, 0.1) is 25.5 Å². The lowest BCUT2D eigenvalue weighted by atomic mass is 10.1. The molecule has 0 radical (unpaired) electrons. The third-order valence-electron chi connectivity index (χ3n) is 6.84. The topological polar surface area (TPSA) is 133 Å². The molecule has 2 heterocycles. The fourth-order valence-corrected chi connectivity index (χ4v) is 4.97. The first-order valence-electron chi connectivity index (χ1n) is 13.0. The molecule has 0 bridgehead atoms. The van der Waals surface area contributed by atoms with E-state index in [9.17, 15) is 18.4 Å². The molecule has 2 aromatic carbocycles. The SMILES string of the molecule is COc1cn(C[C@@](C)(N)OC(=O)/C=C/C(=O)O[C@](C)(N)Cn2cc(OC)c3c(C)c(F)ccc32)c2ccc(F)c(C)c12. The van der Waals surface area contributed by atoms with Crippen molar-refractivity contribution in [3.8, 4) is 11.5 Å². The number of fused-ring (bicyclic) bond motifs is 2. The van der Waals surface area contributed by atoms with Crippen molar-refractivity contribution < 1.29 is 37.3 Å². The molecule has 0 fully saturated rings. The van der Waals surface area contributed by atoms with Crippen LogP contribution in [0.1, 0.15) is 25.0 Å². The van der Waals surface area contributed by atoms with Crippen molar-refractivity contribution in [1.82, 2.24) is 9.13 Å². The summed E-state index contributed by atoms with van der Waals surface area (Å²) in [4.78, 5) is 25.0. The van der Waals surface area contributed by atoms with E-state index in [2.05, 4.69) is 0 Å². The number of esters is 2. The Labute approximate surface area is 241 Å². The van der Waals surface area contributed by atoms with Crippen LogP contribution in [0.15, 0.2) is 48.8 Å². The van der Waals surface area contributed by atoms with Gasteiger partial charge in [-0.05, 0) is 63.1 Å². The van der Waals surface area contributed by atoms with Gasteiger partial charge < -0.3 is 28.1 Å². The van der Waals surface area contributed by atoms with Gasteiger partial charge in [-0.1, -0.05) is 0 Å². The van der Waals surface area contributed by atoms with Gasteiger partial charge in [0.2, 0.25) is 0 Å². The summed E-state index contributed by atoms with van der Waals surface area (Å²) in [5.41, 5.74) is 11.6. The zero-order chi connectivity index (χ0) is 31.0. The Kier molecular flexibility index (Phi) is 8.33.